The molecule has 1 aliphatic rings. The maximum Gasteiger partial charge on any atom is 0.126 e. The number of nitrogens with zero attached hydrogens (tertiary/aromatic N) is 2. The second kappa shape index (κ2) is 4.42. The van der Waals surface area contributed by atoms with Crippen LogP contribution >= 0.6 is 0 Å². The van der Waals surface area contributed by atoms with Gasteiger partial charge in [-0.25, -0.2) is 4.98 Å². The number of nitrogens with one attached hydrogen (secondary N) is 1. The summed E-state index contributed by atoms with van der Waals surface area (Å²) in [5, 5.41) is 3.48. The Balaban J connectivity index is 2.07. The van der Waals surface area contributed by atoms with Gasteiger partial charge in [-0.2, -0.15) is 0 Å². The molecule has 1 fully saturated rings. The SMILES string of the molecule is Cc1cnc(NC2CN(C)C2)cc1C(C)C. The molecule has 0 bridgehead atoms. The number of hydrogen-bond donors (Lipinski definition) is 1. The summed E-state index contributed by atoms with van der Waals surface area (Å²) >= 11 is 0. The van der Waals surface area contributed by atoms with Crippen molar-refractivity contribution in [2.75, 3.05) is 25.5 Å². The molecule has 16 heavy (non-hydrogen) atoms. The van der Waals surface area contributed by atoms with E-state index in [1.165, 1.54) is 11.1 Å². The Morgan fingerprint density at radius 1 is 1.44 bits per heavy atom. The van der Waals surface area contributed by atoms with Crippen LogP contribution in [0.4, 0.5) is 5.82 Å². The van der Waals surface area contributed by atoms with Crippen molar-refractivity contribution in [1.29, 1.82) is 0 Å². The van der Waals surface area contributed by atoms with Gasteiger partial charge in [0, 0.05) is 19.3 Å². The van der Waals surface area contributed by atoms with E-state index in [4.69, 9.17) is 0 Å². The molecule has 0 unspecified atom stereocenters. The normalized spacial score (nSPS) is 17.6. The highest BCUT2D eigenvalue weighted by molar-refractivity contribution is 5.43. The van der Waals surface area contributed by atoms with Crippen LogP contribution in [0.5, 0.6) is 0 Å². The zero-order chi connectivity index (χ0) is 11.7. The second-order valence-corrected chi connectivity index (χ2v) is 5.14. The van der Waals surface area contributed by atoms with Gasteiger partial charge in [0.1, 0.15) is 5.82 Å². The summed E-state index contributed by atoms with van der Waals surface area (Å²) in [7, 11) is 2.14. The van der Waals surface area contributed by atoms with Gasteiger partial charge in [-0.15, -0.1) is 0 Å². The maximum absolute atomic E-state index is 4.44. The summed E-state index contributed by atoms with van der Waals surface area (Å²) < 4.78 is 0. The smallest absolute Gasteiger partial charge is 0.126 e. The Bertz CT molecular complexity index is 367. The Morgan fingerprint density at radius 2 is 2.12 bits per heavy atom. The van der Waals surface area contributed by atoms with Crippen LogP contribution in [-0.2, 0) is 0 Å². The zero-order valence-electron chi connectivity index (χ0n) is 10.6. The molecular weight excluding hydrogens is 198 g/mol. The van der Waals surface area contributed by atoms with Crippen LogP contribution < -0.4 is 5.32 Å². The van der Waals surface area contributed by atoms with E-state index in [-0.39, 0.29) is 0 Å². The molecule has 0 saturated carbocycles. The van der Waals surface area contributed by atoms with E-state index in [0.717, 1.165) is 18.9 Å². The first-order valence-corrected chi connectivity index (χ1v) is 5.98. The predicted molar refractivity (Wildman–Crippen MR) is 68.0 cm³/mol. The zero-order valence-corrected chi connectivity index (χ0v) is 10.6. The highest BCUT2D eigenvalue weighted by atomic mass is 15.2. The van der Waals surface area contributed by atoms with Crippen molar-refractivity contribution in [3.05, 3.63) is 23.4 Å². The number of hydrogen-bond acceptors (Lipinski definition) is 3. The summed E-state index contributed by atoms with van der Waals surface area (Å²) in [6, 6.07) is 2.76. The first-order valence-electron chi connectivity index (χ1n) is 5.98. The fraction of sp³-hybridized carbons (Fsp3) is 0.615. The van der Waals surface area contributed by atoms with Crippen LogP contribution in [-0.4, -0.2) is 36.1 Å². The quantitative estimate of drug-likeness (QED) is 0.845. The van der Waals surface area contributed by atoms with Gasteiger partial charge in [-0.05, 0) is 37.1 Å². The van der Waals surface area contributed by atoms with E-state index in [9.17, 15) is 0 Å². The number of likely N-dealkylation sites (tertiary alicyclic amines) is 1. The third-order valence-electron chi connectivity index (χ3n) is 3.18. The minimum atomic E-state index is 0.563. The summed E-state index contributed by atoms with van der Waals surface area (Å²) in [6.45, 7) is 8.81. The molecule has 3 nitrogen and oxygen atoms in total. The number of likely N-dealkylation sites (N-methyl/N-ethyl adjacent to an activating group) is 1. The van der Waals surface area contributed by atoms with Crippen LogP contribution in [0.2, 0.25) is 0 Å². The van der Waals surface area contributed by atoms with Crippen molar-refractivity contribution in [3.63, 3.8) is 0 Å². The van der Waals surface area contributed by atoms with Crippen LogP contribution in [0.1, 0.15) is 30.9 Å². The standard InChI is InChI=1S/C13H21N3/c1-9(2)12-5-13(14-6-10(12)3)15-11-7-16(4)8-11/h5-6,9,11H,7-8H2,1-4H3,(H,14,15). The Morgan fingerprint density at radius 3 is 2.69 bits per heavy atom. The Hall–Kier alpha value is -1.09. The van der Waals surface area contributed by atoms with Gasteiger partial charge in [0.05, 0.1) is 6.04 Å². The molecule has 1 aliphatic heterocycles. The summed E-state index contributed by atoms with van der Waals surface area (Å²) in [5.74, 6) is 1.58. The molecule has 0 radical (unpaired) electrons. The topological polar surface area (TPSA) is 28.2 Å². The number of anilines is 1. The average molecular weight is 219 g/mol. The third kappa shape index (κ3) is 2.35. The van der Waals surface area contributed by atoms with Crippen LogP contribution in [0.15, 0.2) is 12.3 Å². The fourth-order valence-corrected chi connectivity index (χ4v) is 2.24. The van der Waals surface area contributed by atoms with Crippen LogP contribution in [0.25, 0.3) is 0 Å². The van der Waals surface area contributed by atoms with Crippen LogP contribution in [0, 0.1) is 6.92 Å². The predicted octanol–water partition coefficient (Wildman–Crippen LogP) is 2.24. The molecule has 1 aromatic heterocycles. The lowest BCUT2D eigenvalue weighted by Crippen LogP contribution is -2.52. The molecule has 3 heteroatoms. The molecule has 0 aromatic carbocycles. The monoisotopic (exact) mass is 219 g/mol. The van der Waals surface area contributed by atoms with E-state index < -0.39 is 0 Å². The largest absolute Gasteiger partial charge is 0.365 e. The molecule has 0 amide bonds. The van der Waals surface area contributed by atoms with Crippen molar-refractivity contribution < 1.29 is 0 Å². The van der Waals surface area contributed by atoms with Crippen molar-refractivity contribution in [3.8, 4) is 0 Å². The van der Waals surface area contributed by atoms with Crippen molar-refractivity contribution in [1.82, 2.24) is 9.88 Å². The molecule has 1 saturated heterocycles. The minimum Gasteiger partial charge on any atom is -0.365 e. The van der Waals surface area contributed by atoms with E-state index in [1.54, 1.807) is 0 Å². The molecule has 0 atom stereocenters. The van der Waals surface area contributed by atoms with Crippen molar-refractivity contribution in [2.24, 2.45) is 0 Å². The van der Waals surface area contributed by atoms with Gasteiger partial charge in [0.25, 0.3) is 0 Å². The maximum atomic E-state index is 4.44. The van der Waals surface area contributed by atoms with Gasteiger partial charge >= 0.3 is 0 Å². The Kier molecular flexibility index (Phi) is 3.15. The molecule has 0 aliphatic carbocycles. The first kappa shape index (κ1) is 11.4. The first-order chi connectivity index (χ1) is 7.56. The molecule has 88 valence electrons. The summed E-state index contributed by atoms with van der Waals surface area (Å²) in [4.78, 5) is 6.74. The molecule has 2 heterocycles. The molecule has 0 spiro atoms. The Labute approximate surface area is 97.9 Å². The van der Waals surface area contributed by atoms with Gasteiger partial charge < -0.3 is 10.2 Å². The van der Waals surface area contributed by atoms with Gasteiger partial charge in [0.2, 0.25) is 0 Å². The van der Waals surface area contributed by atoms with E-state index in [1.807, 2.05) is 6.20 Å². The summed E-state index contributed by atoms with van der Waals surface area (Å²) in [6.07, 6.45) is 1.97. The minimum absolute atomic E-state index is 0.563. The molecular formula is C13H21N3. The second-order valence-electron chi connectivity index (χ2n) is 5.14. The van der Waals surface area contributed by atoms with Crippen molar-refractivity contribution >= 4 is 5.82 Å². The summed E-state index contributed by atoms with van der Waals surface area (Å²) in [5.41, 5.74) is 2.68. The van der Waals surface area contributed by atoms with E-state index in [0.29, 0.717) is 12.0 Å². The van der Waals surface area contributed by atoms with Gasteiger partial charge in [-0.1, -0.05) is 13.8 Å². The highest BCUT2D eigenvalue weighted by Crippen LogP contribution is 2.22. The average Bonchev–Trinajstić information content (AvgIpc) is 2.18. The van der Waals surface area contributed by atoms with E-state index in [2.05, 4.69) is 49.1 Å². The third-order valence-corrected chi connectivity index (χ3v) is 3.18. The van der Waals surface area contributed by atoms with Crippen molar-refractivity contribution in [2.45, 2.75) is 32.7 Å². The van der Waals surface area contributed by atoms with Crippen LogP contribution in [0.3, 0.4) is 0 Å². The number of pyridine rings is 1. The lowest BCUT2D eigenvalue weighted by atomic mass is 10.00. The number of aromatic nitrogens is 1. The number of rotatable bonds is 3. The fourth-order valence-electron chi connectivity index (χ4n) is 2.24. The number of aryl methyl sites for hydroxylation is 1. The van der Waals surface area contributed by atoms with E-state index >= 15 is 0 Å². The molecule has 1 N–H and O–H groups in total. The highest BCUT2D eigenvalue weighted by Gasteiger charge is 2.23. The van der Waals surface area contributed by atoms with Gasteiger partial charge in [-0.3, -0.25) is 0 Å². The molecule has 1 aromatic rings. The lowest BCUT2D eigenvalue weighted by molar-refractivity contribution is 0.205. The lowest BCUT2D eigenvalue weighted by Gasteiger charge is -2.37. The van der Waals surface area contributed by atoms with Gasteiger partial charge in [0.15, 0.2) is 0 Å². The molecule has 2 rings (SSSR count).